The van der Waals surface area contributed by atoms with Crippen LogP contribution in [0.15, 0.2) is 12.2 Å². The zero-order valence-electron chi connectivity index (χ0n) is 5.87. The van der Waals surface area contributed by atoms with Crippen molar-refractivity contribution in [1.29, 1.82) is 0 Å². The predicted octanol–water partition coefficient (Wildman–Crippen LogP) is -3.20. The van der Waals surface area contributed by atoms with E-state index in [1.165, 1.54) is 0 Å². The summed E-state index contributed by atoms with van der Waals surface area (Å²) in [6.45, 7) is 0. The zero-order chi connectivity index (χ0) is 10.1. The van der Waals surface area contributed by atoms with E-state index in [1.807, 2.05) is 0 Å². The summed E-state index contributed by atoms with van der Waals surface area (Å²) >= 11 is 0. The fourth-order valence-electron chi connectivity index (χ4n) is 0.136. The SMILES string of the molecule is O=C([O-])/C=C/C(=O)[O-].O=[N+]([O-])[O-].[Cr+3]. The average Bonchev–Trinajstić information content (AvgIpc) is 1.82. The molecule has 0 amide bonds. The van der Waals surface area contributed by atoms with Crippen LogP contribution in [0, 0.1) is 15.3 Å². The van der Waals surface area contributed by atoms with Crippen LogP contribution >= 0.6 is 0 Å². The van der Waals surface area contributed by atoms with E-state index < -0.39 is 17.0 Å². The van der Waals surface area contributed by atoms with Gasteiger partial charge in [-0.2, -0.15) is 0 Å². The van der Waals surface area contributed by atoms with Gasteiger partial charge in [-0.3, -0.25) is 0 Å². The Balaban J connectivity index is -0.000000173. The Labute approximate surface area is 82.3 Å². The molecule has 0 aromatic rings. The first-order valence-corrected chi connectivity index (χ1v) is 2.27. The van der Waals surface area contributed by atoms with E-state index in [9.17, 15) is 19.8 Å². The molecular formula is C4H2CrNO7. The summed E-state index contributed by atoms with van der Waals surface area (Å²) in [5, 5.41) is 33.6. The summed E-state index contributed by atoms with van der Waals surface area (Å²) in [4.78, 5) is 27.1. The number of carboxylic acid groups (broad SMARTS) is 2. The van der Waals surface area contributed by atoms with E-state index in [1.54, 1.807) is 0 Å². The minimum absolute atomic E-state index is 0. The van der Waals surface area contributed by atoms with Crippen LogP contribution in [0.4, 0.5) is 0 Å². The van der Waals surface area contributed by atoms with Crippen LogP contribution in [0.1, 0.15) is 0 Å². The second kappa shape index (κ2) is 10.4. The maximum Gasteiger partial charge on any atom is 3.00 e. The van der Waals surface area contributed by atoms with Gasteiger partial charge in [0.05, 0.1) is 17.0 Å². The second-order valence-electron chi connectivity index (χ2n) is 1.20. The molecule has 71 valence electrons. The maximum atomic E-state index is 9.41. The van der Waals surface area contributed by atoms with Gasteiger partial charge in [-0.05, 0) is 12.2 Å². The minimum Gasteiger partial charge on any atom is -0.545 e. The molecule has 0 aliphatic carbocycles. The molecule has 0 heterocycles. The third-order valence-electron chi connectivity index (χ3n) is 0.355. The van der Waals surface area contributed by atoms with Gasteiger partial charge in [-0.25, -0.2) is 0 Å². The standard InChI is InChI=1S/C4H4O4.Cr.NO3/c5-3(6)1-2-4(7)8;;2-1(3)4/h1-2H,(H,5,6)(H,7,8);;/q;+3;-1/p-2/b2-1+;;. The Morgan fingerprint density at radius 3 is 1.23 bits per heavy atom. The molecule has 0 N–H and O–H groups in total. The molecule has 0 atom stereocenters. The minimum atomic E-state index is -1.75. The van der Waals surface area contributed by atoms with Crippen LogP contribution in [0.3, 0.4) is 0 Å². The molecular weight excluding hydrogens is 226 g/mol. The van der Waals surface area contributed by atoms with Crippen LogP contribution in [-0.2, 0) is 27.0 Å². The molecule has 0 spiro atoms. The van der Waals surface area contributed by atoms with Crippen molar-refractivity contribution >= 4 is 11.9 Å². The van der Waals surface area contributed by atoms with Crippen molar-refractivity contribution in [2.75, 3.05) is 0 Å². The molecule has 0 aromatic heterocycles. The van der Waals surface area contributed by atoms with Crippen molar-refractivity contribution < 1.29 is 42.2 Å². The zero-order valence-corrected chi connectivity index (χ0v) is 7.14. The fourth-order valence-corrected chi connectivity index (χ4v) is 0.136. The van der Waals surface area contributed by atoms with Crippen LogP contribution in [-0.4, -0.2) is 17.0 Å². The number of hydrogen-bond acceptors (Lipinski definition) is 7. The van der Waals surface area contributed by atoms with Crippen molar-refractivity contribution in [1.82, 2.24) is 0 Å². The number of aliphatic carboxylic acids is 2. The fraction of sp³-hybridized carbons (Fsp3) is 0. The summed E-state index contributed by atoms with van der Waals surface area (Å²) in [6, 6.07) is 0. The molecule has 8 nitrogen and oxygen atoms in total. The number of rotatable bonds is 2. The van der Waals surface area contributed by atoms with Crippen molar-refractivity contribution in [2.45, 2.75) is 0 Å². The summed E-state index contributed by atoms with van der Waals surface area (Å²) < 4.78 is 0. The number of carboxylic acids is 2. The van der Waals surface area contributed by atoms with Gasteiger partial charge in [-0.15, -0.1) is 0 Å². The van der Waals surface area contributed by atoms with Gasteiger partial charge in [0, 0.05) is 0 Å². The molecule has 9 heteroatoms. The number of hydrogen-bond donors (Lipinski definition) is 0. The largest absolute Gasteiger partial charge is 3.00 e. The van der Waals surface area contributed by atoms with Crippen molar-refractivity contribution in [3.8, 4) is 0 Å². The molecule has 0 rings (SSSR count). The van der Waals surface area contributed by atoms with E-state index in [-0.39, 0.29) is 17.4 Å². The summed E-state index contributed by atoms with van der Waals surface area (Å²) in [6.07, 6.45) is 0.769. The van der Waals surface area contributed by atoms with Crippen LogP contribution < -0.4 is 10.2 Å². The number of carbonyl (C=O) groups excluding carboxylic acids is 2. The smallest absolute Gasteiger partial charge is 0.545 e. The van der Waals surface area contributed by atoms with Gasteiger partial charge in [0.2, 0.25) is 0 Å². The summed E-state index contributed by atoms with van der Waals surface area (Å²) in [5.41, 5.74) is 0. The topological polar surface area (TPSA) is 146 Å². The van der Waals surface area contributed by atoms with Gasteiger partial charge < -0.3 is 35.1 Å². The van der Waals surface area contributed by atoms with Gasteiger partial charge >= 0.3 is 17.4 Å². The van der Waals surface area contributed by atoms with E-state index in [4.69, 9.17) is 15.3 Å². The average molecular weight is 228 g/mol. The third kappa shape index (κ3) is 63.3. The molecule has 0 bridgehead atoms. The Morgan fingerprint density at radius 1 is 1.00 bits per heavy atom. The second-order valence-corrected chi connectivity index (χ2v) is 1.20. The summed E-state index contributed by atoms with van der Waals surface area (Å²) in [7, 11) is 0. The van der Waals surface area contributed by atoms with Crippen molar-refractivity contribution in [3.63, 3.8) is 0 Å². The van der Waals surface area contributed by atoms with E-state index in [0.717, 1.165) is 0 Å². The number of carbonyl (C=O) groups is 2. The molecule has 0 unspecified atom stereocenters. The van der Waals surface area contributed by atoms with Crippen LogP contribution in [0.25, 0.3) is 0 Å². The normalized spacial score (nSPS) is 7.69. The molecule has 0 aliphatic rings. The van der Waals surface area contributed by atoms with Crippen LogP contribution in [0.5, 0.6) is 0 Å². The van der Waals surface area contributed by atoms with Gasteiger partial charge in [0.1, 0.15) is 0 Å². The molecule has 0 saturated carbocycles. The Hall–Kier alpha value is -1.59. The van der Waals surface area contributed by atoms with Crippen molar-refractivity contribution in [2.24, 2.45) is 0 Å². The van der Waals surface area contributed by atoms with E-state index in [0.29, 0.717) is 12.2 Å². The molecule has 0 fully saturated rings. The molecule has 0 saturated heterocycles. The Morgan fingerprint density at radius 2 is 1.15 bits per heavy atom. The Kier molecular flexibility index (Phi) is 14.0. The molecule has 0 aromatic carbocycles. The van der Waals surface area contributed by atoms with E-state index in [2.05, 4.69) is 0 Å². The first-order valence-electron chi connectivity index (χ1n) is 2.27. The monoisotopic (exact) mass is 228 g/mol. The first kappa shape index (κ1) is 17.5. The maximum absolute atomic E-state index is 9.41. The molecule has 13 heavy (non-hydrogen) atoms. The Bertz CT molecular complexity index is 193. The quantitative estimate of drug-likeness (QED) is 0.274. The van der Waals surface area contributed by atoms with E-state index >= 15 is 0 Å². The number of nitrogens with zero attached hydrogens (tertiary/aromatic N) is 1. The molecule has 1 radical (unpaired) electrons. The first-order chi connectivity index (χ1) is 5.36. The summed E-state index contributed by atoms with van der Waals surface area (Å²) in [5.74, 6) is -3.09. The van der Waals surface area contributed by atoms with Gasteiger partial charge in [0.25, 0.3) is 0 Å². The van der Waals surface area contributed by atoms with Gasteiger partial charge in [-0.1, -0.05) is 0 Å². The molecule has 0 aliphatic heterocycles. The van der Waals surface area contributed by atoms with Crippen LogP contribution in [0.2, 0.25) is 0 Å². The third-order valence-corrected chi connectivity index (χ3v) is 0.355. The predicted molar refractivity (Wildman–Crippen MR) is 29.5 cm³/mol. The van der Waals surface area contributed by atoms with Crippen molar-refractivity contribution in [3.05, 3.63) is 27.5 Å². The van der Waals surface area contributed by atoms with Gasteiger partial charge in [0.15, 0.2) is 0 Å².